The third-order valence-electron chi connectivity index (χ3n) is 3.54. The van der Waals surface area contributed by atoms with Crippen molar-refractivity contribution in [2.75, 3.05) is 10.7 Å². The molecule has 25 heavy (non-hydrogen) atoms. The summed E-state index contributed by atoms with van der Waals surface area (Å²) in [5.74, 6) is 0.230. The summed E-state index contributed by atoms with van der Waals surface area (Å²) >= 11 is 13.5. The number of aromatic nitrogens is 3. The highest BCUT2D eigenvalue weighted by Gasteiger charge is 2.20. The number of pyridine rings is 1. The van der Waals surface area contributed by atoms with Gasteiger partial charge in [-0.2, -0.15) is 0 Å². The third-order valence-corrected chi connectivity index (χ3v) is 4.95. The smallest absolute Gasteiger partial charge is 0.237 e. The summed E-state index contributed by atoms with van der Waals surface area (Å²) < 4.78 is 1.70. The zero-order valence-electron chi connectivity index (χ0n) is 13.7. The summed E-state index contributed by atoms with van der Waals surface area (Å²) in [6, 6.07) is 11.3. The highest BCUT2D eigenvalue weighted by molar-refractivity contribution is 7.99. The molecule has 0 saturated heterocycles. The van der Waals surface area contributed by atoms with Crippen LogP contribution in [0, 0.1) is 0 Å². The monoisotopic (exact) mass is 394 g/mol. The number of benzene rings is 1. The second-order valence-corrected chi connectivity index (χ2v) is 7.45. The second-order valence-electron chi connectivity index (χ2n) is 5.66. The van der Waals surface area contributed by atoms with Crippen molar-refractivity contribution in [1.29, 1.82) is 0 Å². The van der Waals surface area contributed by atoms with E-state index in [1.807, 2.05) is 44.2 Å². The van der Waals surface area contributed by atoms with E-state index in [4.69, 9.17) is 23.2 Å². The molecule has 1 aromatic carbocycles. The molecule has 0 spiro atoms. The van der Waals surface area contributed by atoms with Crippen LogP contribution in [0.15, 0.2) is 47.8 Å². The van der Waals surface area contributed by atoms with Crippen molar-refractivity contribution in [2.24, 2.45) is 0 Å². The van der Waals surface area contributed by atoms with E-state index in [-0.39, 0.29) is 17.7 Å². The van der Waals surface area contributed by atoms with Crippen LogP contribution in [0.2, 0.25) is 10.0 Å². The van der Waals surface area contributed by atoms with Gasteiger partial charge < -0.3 is 4.90 Å². The van der Waals surface area contributed by atoms with Crippen LogP contribution in [0.4, 0.5) is 5.69 Å². The molecule has 0 N–H and O–H groups in total. The Morgan fingerprint density at radius 2 is 1.96 bits per heavy atom. The predicted molar refractivity (Wildman–Crippen MR) is 103 cm³/mol. The number of hydrogen-bond donors (Lipinski definition) is 0. The molecule has 2 heterocycles. The first-order chi connectivity index (χ1) is 12.0. The standard InChI is InChI=1S/C17H16Cl2N4OS/c1-11(2)23(13-6-4-3-5-7-13)15(24)10-25-17-21-20-16-14(19)8-12(18)9-22(16)17/h3-9,11H,10H2,1-2H3. The number of para-hydroxylation sites is 1. The van der Waals surface area contributed by atoms with Crippen LogP contribution in [-0.4, -0.2) is 32.3 Å². The largest absolute Gasteiger partial charge is 0.309 e. The van der Waals surface area contributed by atoms with Gasteiger partial charge in [0.05, 0.1) is 15.8 Å². The van der Waals surface area contributed by atoms with Crippen LogP contribution in [0.5, 0.6) is 0 Å². The highest BCUT2D eigenvalue weighted by Crippen LogP contribution is 2.26. The first kappa shape index (κ1) is 18.0. The molecular formula is C17H16Cl2N4OS. The van der Waals surface area contributed by atoms with Gasteiger partial charge in [0.25, 0.3) is 0 Å². The molecule has 0 aliphatic rings. The number of anilines is 1. The quantitative estimate of drug-likeness (QED) is 0.594. The molecule has 0 bridgehead atoms. The first-order valence-electron chi connectivity index (χ1n) is 7.67. The van der Waals surface area contributed by atoms with Gasteiger partial charge in [-0.25, -0.2) is 0 Å². The zero-order chi connectivity index (χ0) is 18.0. The molecule has 5 nitrogen and oxygen atoms in total. The Labute approximate surface area is 159 Å². The number of thioether (sulfide) groups is 1. The van der Waals surface area contributed by atoms with Crippen LogP contribution < -0.4 is 4.90 Å². The molecular weight excluding hydrogens is 379 g/mol. The predicted octanol–water partition coefficient (Wildman–Crippen LogP) is 4.57. The summed E-state index contributed by atoms with van der Waals surface area (Å²) in [6.45, 7) is 3.98. The van der Waals surface area contributed by atoms with E-state index in [1.54, 1.807) is 21.6 Å². The van der Waals surface area contributed by atoms with Gasteiger partial charge in [-0.1, -0.05) is 53.2 Å². The minimum absolute atomic E-state index is 0.00363. The molecule has 130 valence electrons. The molecule has 3 aromatic rings. The van der Waals surface area contributed by atoms with E-state index in [9.17, 15) is 4.79 Å². The lowest BCUT2D eigenvalue weighted by Gasteiger charge is -2.26. The Morgan fingerprint density at radius 1 is 1.24 bits per heavy atom. The van der Waals surface area contributed by atoms with Gasteiger partial charge in [-0.3, -0.25) is 9.20 Å². The maximum atomic E-state index is 12.7. The van der Waals surface area contributed by atoms with Gasteiger partial charge in [-0.05, 0) is 32.0 Å². The van der Waals surface area contributed by atoms with Crippen molar-refractivity contribution < 1.29 is 4.79 Å². The minimum atomic E-state index is -0.00363. The zero-order valence-corrected chi connectivity index (χ0v) is 16.0. The van der Waals surface area contributed by atoms with Gasteiger partial charge in [0.15, 0.2) is 10.8 Å². The average Bonchev–Trinajstić information content (AvgIpc) is 2.97. The highest BCUT2D eigenvalue weighted by atomic mass is 35.5. The molecule has 2 aromatic heterocycles. The van der Waals surface area contributed by atoms with E-state index in [0.717, 1.165) is 5.69 Å². The normalized spacial score (nSPS) is 11.2. The van der Waals surface area contributed by atoms with Gasteiger partial charge in [0.1, 0.15) is 0 Å². The van der Waals surface area contributed by atoms with Crippen LogP contribution in [0.1, 0.15) is 13.8 Å². The number of nitrogens with zero attached hydrogens (tertiary/aromatic N) is 4. The molecule has 0 unspecified atom stereocenters. The summed E-state index contributed by atoms with van der Waals surface area (Å²) in [7, 11) is 0. The lowest BCUT2D eigenvalue weighted by molar-refractivity contribution is -0.116. The fourth-order valence-electron chi connectivity index (χ4n) is 2.52. The number of carbonyl (C=O) groups excluding carboxylic acids is 1. The molecule has 0 fully saturated rings. The number of rotatable bonds is 5. The van der Waals surface area contributed by atoms with Crippen molar-refractivity contribution in [3.8, 4) is 0 Å². The Balaban J connectivity index is 1.80. The summed E-state index contributed by atoms with van der Waals surface area (Å²) in [5, 5.41) is 9.64. The van der Waals surface area contributed by atoms with Crippen molar-refractivity contribution in [3.05, 3.63) is 52.6 Å². The van der Waals surface area contributed by atoms with Crippen molar-refractivity contribution in [1.82, 2.24) is 14.6 Å². The lowest BCUT2D eigenvalue weighted by atomic mass is 10.2. The summed E-state index contributed by atoms with van der Waals surface area (Å²) in [4.78, 5) is 14.5. The Morgan fingerprint density at radius 3 is 2.64 bits per heavy atom. The summed E-state index contributed by atoms with van der Waals surface area (Å²) in [5.41, 5.74) is 1.39. The SMILES string of the molecule is CC(C)N(C(=O)CSc1nnc2c(Cl)cc(Cl)cn12)c1ccccc1. The van der Waals surface area contributed by atoms with Crippen LogP contribution in [0.3, 0.4) is 0 Å². The molecule has 0 aliphatic heterocycles. The Kier molecular flexibility index (Phi) is 5.51. The van der Waals surface area contributed by atoms with Gasteiger partial charge in [-0.15, -0.1) is 10.2 Å². The lowest BCUT2D eigenvalue weighted by Crippen LogP contribution is -2.38. The maximum Gasteiger partial charge on any atom is 0.237 e. The molecule has 0 atom stereocenters. The van der Waals surface area contributed by atoms with Crippen molar-refractivity contribution >= 4 is 52.2 Å². The Hall–Kier alpha value is -1.76. The Bertz CT molecular complexity index is 898. The van der Waals surface area contributed by atoms with Gasteiger partial charge in [0, 0.05) is 17.9 Å². The molecule has 0 radical (unpaired) electrons. The maximum absolute atomic E-state index is 12.7. The fourth-order valence-corrected chi connectivity index (χ4v) is 3.79. The molecule has 0 aliphatic carbocycles. The number of amides is 1. The van der Waals surface area contributed by atoms with Crippen molar-refractivity contribution in [3.63, 3.8) is 0 Å². The van der Waals surface area contributed by atoms with Crippen molar-refractivity contribution in [2.45, 2.75) is 25.0 Å². The molecule has 3 rings (SSSR count). The average molecular weight is 395 g/mol. The number of hydrogen-bond acceptors (Lipinski definition) is 4. The van der Waals surface area contributed by atoms with Crippen LogP contribution in [0.25, 0.3) is 5.65 Å². The minimum Gasteiger partial charge on any atom is -0.309 e. The number of halogens is 2. The van der Waals surface area contributed by atoms with Gasteiger partial charge >= 0.3 is 0 Å². The van der Waals surface area contributed by atoms with E-state index in [0.29, 0.717) is 20.8 Å². The first-order valence-corrected chi connectivity index (χ1v) is 9.41. The number of fused-ring (bicyclic) bond motifs is 1. The topological polar surface area (TPSA) is 50.5 Å². The summed E-state index contributed by atoms with van der Waals surface area (Å²) in [6.07, 6.45) is 1.69. The second kappa shape index (κ2) is 7.64. The van der Waals surface area contributed by atoms with E-state index in [1.165, 1.54) is 11.8 Å². The van der Waals surface area contributed by atoms with Crippen LogP contribution >= 0.6 is 35.0 Å². The van der Waals surface area contributed by atoms with Crippen LogP contribution in [-0.2, 0) is 4.79 Å². The fraction of sp³-hybridized carbons (Fsp3) is 0.235. The van der Waals surface area contributed by atoms with E-state index >= 15 is 0 Å². The number of carbonyl (C=O) groups is 1. The molecule has 8 heteroatoms. The van der Waals surface area contributed by atoms with Gasteiger partial charge in [0.2, 0.25) is 5.91 Å². The van der Waals surface area contributed by atoms with E-state index < -0.39 is 0 Å². The third kappa shape index (κ3) is 3.92. The van der Waals surface area contributed by atoms with E-state index in [2.05, 4.69) is 10.2 Å². The molecule has 1 amide bonds. The molecule has 0 saturated carbocycles.